The van der Waals surface area contributed by atoms with Gasteiger partial charge in [-0.2, -0.15) is 12.6 Å². The van der Waals surface area contributed by atoms with Crippen molar-refractivity contribution in [1.82, 2.24) is 0 Å². The second-order valence-corrected chi connectivity index (χ2v) is 6.91. The van der Waals surface area contributed by atoms with E-state index in [9.17, 15) is 0 Å². The lowest BCUT2D eigenvalue weighted by Gasteiger charge is -2.18. The maximum Gasteiger partial charge on any atom is 0.0925 e. The van der Waals surface area contributed by atoms with Gasteiger partial charge in [-0.15, -0.1) is 11.8 Å². The molecule has 0 fully saturated rings. The van der Waals surface area contributed by atoms with E-state index >= 15 is 0 Å². The third-order valence-corrected chi connectivity index (χ3v) is 4.78. The van der Waals surface area contributed by atoms with Crippen molar-refractivity contribution < 1.29 is 5.32 Å². The minimum absolute atomic E-state index is 0.872. The highest BCUT2D eigenvalue weighted by Crippen LogP contribution is 2.24. The van der Waals surface area contributed by atoms with Crippen LogP contribution in [0.4, 0.5) is 5.69 Å². The van der Waals surface area contributed by atoms with Gasteiger partial charge >= 0.3 is 0 Å². The second-order valence-electron chi connectivity index (χ2n) is 5.24. The predicted octanol–water partition coefficient (Wildman–Crippen LogP) is 3.16. The molecule has 22 heavy (non-hydrogen) atoms. The number of hydrogen-bond donors (Lipinski definition) is 2. The molecule has 0 unspecified atom stereocenters. The van der Waals surface area contributed by atoms with Crippen molar-refractivity contribution in [2.24, 2.45) is 0 Å². The molecule has 2 rings (SSSR count). The first-order valence-corrected chi connectivity index (χ1v) is 9.32. The Hall–Kier alpha value is -1.10. The number of allylic oxidation sites excluding steroid dienone is 4. The van der Waals surface area contributed by atoms with Gasteiger partial charge in [-0.25, -0.2) is 0 Å². The molecule has 0 saturated carbocycles. The molecule has 1 aromatic rings. The van der Waals surface area contributed by atoms with E-state index in [1.165, 1.54) is 16.2 Å². The van der Waals surface area contributed by atoms with Crippen LogP contribution < -0.4 is 10.2 Å². The predicted molar refractivity (Wildman–Crippen MR) is 104 cm³/mol. The molecule has 0 bridgehead atoms. The fraction of sp³-hybridized carbons (Fsp3) is 0.333. The molecule has 4 heteroatoms. The van der Waals surface area contributed by atoms with E-state index in [0.29, 0.717) is 0 Å². The van der Waals surface area contributed by atoms with E-state index in [2.05, 4.69) is 84.7 Å². The lowest BCUT2D eigenvalue weighted by molar-refractivity contribution is -0.583. The second kappa shape index (κ2) is 9.82. The lowest BCUT2D eigenvalue weighted by Crippen LogP contribution is -2.78. The summed E-state index contributed by atoms with van der Waals surface area (Å²) in [5.41, 5.74) is 2.52. The van der Waals surface area contributed by atoms with Crippen LogP contribution in [0, 0.1) is 0 Å². The van der Waals surface area contributed by atoms with E-state index < -0.39 is 0 Å². The molecular formula is C18H25N2S2+. The average Bonchev–Trinajstić information content (AvgIpc) is 2.54. The molecule has 0 radical (unpaired) electrons. The van der Waals surface area contributed by atoms with Crippen molar-refractivity contribution >= 4 is 36.2 Å². The minimum Gasteiger partial charge on any atom is -0.374 e. The normalized spacial score (nSPS) is 20.5. The summed E-state index contributed by atoms with van der Waals surface area (Å²) in [6.45, 7) is 2.09. The van der Waals surface area contributed by atoms with Crippen LogP contribution >= 0.6 is 24.4 Å². The summed E-state index contributed by atoms with van der Waals surface area (Å²) in [5, 5.41) is 2.23. The van der Waals surface area contributed by atoms with Crippen molar-refractivity contribution in [1.29, 1.82) is 0 Å². The molecule has 2 nitrogen and oxygen atoms in total. The zero-order valence-corrected chi connectivity index (χ0v) is 14.8. The van der Waals surface area contributed by atoms with Crippen molar-refractivity contribution in [2.75, 3.05) is 36.5 Å². The van der Waals surface area contributed by atoms with Crippen LogP contribution in [0.2, 0.25) is 0 Å². The first-order chi connectivity index (χ1) is 10.8. The van der Waals surface area contributed by atoms with E-state index in [4.69, 9.17) is 0 Å². The number of nitrogens with two attached hydrogens (primary N) is 1. The minimum atomic E-state index is 0.872. The molecule has 1 heterocycles. The molecule has 0 amide bonds. The monoisotopic (exact) mass is 333 g/mol. The van der Waals surface area contributed by atoms with Gasteiger partial charge in [-0.1, -0.05) is 24.3 Å². The Balaban J connectivity index is 2.06. The van der Waals surface area contributed by atoms with Gasteiger partial charge in [-0.05, 0) is 41.2 Å². The van der Waals surface area contributed by atoms with Gasteiger partial charge in [0, 0.05) is 30.8 Å². The van der Waals surface area contributed by atoms with E-state index in [1.807, 2.05) is 11.8 Å². The molecule has 0 spiro atoms. The molecular weight excluding hydrogens is 308 g/mol. The fourth-order valence-electron chi connectivity index (χ4n) is 2.21. The molecule has 1 aliphatic heterocycles. The van der Waals surface area contributed by atoms with Gasteiger partial charge in [0.2, 0.25) is 0 Å². The van der Waals surface area contributed by atoms with Crippen molar-refractivity contribution in [3.8, 4) is 0 Å². The Morgan fingerprint density at radius 3 is 2.86 bits per heavy atom. The van der Waals surface area contributed by atoms with Gasteiger partial charge in [0.1, 0.15) is 0 Å². The van der Waals surface area contributed by atoms with Crippen LogP contribution in [0.5, 0.6) is 0 Å². The number of thioether (sulfide) groups is 1. The number of anilines is 1. The molecule has 0 aromatic heterocycles. The smallest absolute Gasteiger partial charge is 0.0925 e. The average molecular weight is 334 g/mol. The summed E-state index contributed by atoms with van der Waals surface area (Å²) in [6, 6.07) is 8.78. The number of hydrogen-bond acceptors (Lipinski definition) is 3. The summed E-state index contributed by atoms with van der Waals surface area (Å²) in [6.07, 6.45) is 11.9. The zero-order chi connectivity index (χ0) is 15.6. The van der Waals surface area contributed by atoms with Crippen LogP contribution in [0.1, 0.15) is 12.0 Å². The Morgan fingerprint density at radius 1 is 1.27 bits per heavy atom. The van der Waals surface area contributed by atoms with Crippen LogP contribution in [-0.2, 0) is 0 Å². The number of rotatable bonds is 4. The van der Waals surface area contributed by atoms with Gasteiger partial charge in [0.15, 0.2) is 0 Å². The number of quaternary nitrogens is 1. The van der Waals surface area contributed by atoms with E-state index in [-0.39, 0.29) is 0 Å². The van der Waals surface area contributed by atoms with Crippen molar-refractivity contribution in [3.05, 3.63) is 59.2 Å². The standard InChI is InChI=1S/C18H24N2S2/c1-20(12-13-21)17-8-6-16(7-9-17)15-18-5-3-2-4-10-19-11-14-22-18/h2-4,6-10,15,19,21H,5,11-14H2,1H3/p+1/b3-2-,10-4-,18-15-. The Bertz CT molecular complexity index is 533. The third-order valence-electron chi connectivity index (χ3n) is 3.48. The molecule has 1 aromatic carbocycles. The fourth-order valence-corrected chi connectivity index (χ4v) is 3.46. The zero-order valence-electron chi connectivity index (χ0n) is 13.1. The first-order valence-electron chi connectivity index (χ1n) is 7.70. The highest BCUT2D eigenvalue weighted by molar-refractivity contribution is 8.03. The molecule has 0 aliphatic carbocycles. The maximum absolute atomic E-state index is 4.29. The van der Waals surface area contributed by atoms with Crippen LogP contribution in [0.3, 0.4) is 0 Å². The topological polar surface area (TPSA) is 19.9 Å². The summed E-state index contributed by atoms with van der Waals surface area (Å²) in [4.78, 5) is 3.66. The van der Waals surface area contributed by atoms with Crippen LogP contribution in [-0.4, -0.2) is 31.6 Å². The SMILES string of the molecule is CN(CCS)c1ccc(/C=C2/C/C=C\C=C/[NH2+]CCS2)cc1. The summed E-state index contributed by atoms with van der Waals surface area (Å²) < 4.78 is 0. The molecule has 0 saturated heterocycles. The van der Waals surface area contributed by atoms with Gasteiger partial charge in [0.25, 0.3) is 0 Å². The summed E-state index contributed by atoms with van der Waals surface area (Å²) >= 11 is 6.24. The molecule has 118 valence electrons. The Labute approximate surface area is 143 Å². The number of benzene rings is 1. The highest BCUT2D eigenvalue weighted by Gasteiger charge is 2.02. The van der Waals surface area contributed by atoms with Crippen LogP contribution in [0.15, 0.2) is 53.6 Å². The van der Waals surface area contributed by atoms with Crippen molar-refractivity contribution in [3.63, 3.8) is 0 Å². The number of nitrogens with zero attached hydrogens (tertiary/aromatic N) is 1. The third kappa shape index (κ3) is 5.95. The summed E-state index contributed by atoms with van der Waals surface area (Å²) in [5.74, 6) is 2.02. The molecule has 1 aliphatic rings. The number of thiol groups is 1. The van der Waals surface area contributed by atoms with Crippen LogP contribution in [0.25, 0.3) is 6.08 Å². The lowest BCUT2D eigenvalue weighted by atomic mass is 10.1. The molecule has 0 atom stereocenters. The first kappa shape index (κ1) is 17.3. The quantitative estimate of drug-likeness (QED) is 0.825. The van der Waals surface area contributed by atoms with Gasteiger partial charge < -0.3 is 10.2 Å². The van der Waals surface area contributed by atoms with E-state index in [0.717, 1.165) is 31.0 Å². The Morgan fingerprint density at radius 2 is 2.09 bits per heavy atom. The van der Waals surface area contributed by atoms with E-state index in [1.54, 1.807) is 0 Å². The van der Waals surface area contributed by atoms with Gasteiger partial charge in [0.05, 0.1) is 12.7 Å². The largest absolute Gasteiger partial charge is 0.374 e. The highest BCUT2D eigenvalue weighted by atomic mass is 32.2. The Kier molecular flexibility index (Phi) is 7.71. The molecule has 2 N–H and O–H groups in total. The van der Waals surface area contributed by atoms with Gasteiger partial charge in [-0.3, -0.25) is 0 Å². The van der Waals surface area contributed by atoms with Crippen molar-refractivity contribution in [2.45, 2.75) is 6.42 Å². The maximum atomic E-state index is 4.29. The summed E-state index contributed by atoms with van der Waals surface area (Å²) in [7, 11) is 2.11.